The second kappa shape index (κ2) is 8.05. The molecule has 1 aliphatic rings. The average Bonchev–Trinajstić information content (AvgIpc) is 3.24. The van der Waals surface area contributed by atoms with Crippen LogP contribution in [0.2, 0.25) is 5.02 Å². The first-order chi connectivity index (χ1) is 14.7. The molecule has 0 saturated carbocycles. The van der Waals surface area contributed by atoms with E-state index in [2.05, 4.69) is 0 Å². The lowest BCUT2D eigenvalue weighted by Crippen LogP contribution is -2.24. The van der Waals surface area contributed by atoms with E-state index in [-0.39, 0.29) is 12.4 Å². The zero-order chi connectivity index (χ0) is 20.5. The summed E-state index contributed by atoms with van der Waals surface area (Å²) in [5.41, 5.74) is 2.71. The molecule has 0 spiro atoms. The molecule has 4 aromatic rings. The molecule has 0 amide bonds. The van der Waals surface area contributed by atoms with Gasteiger partial charge >= 0.3 is 0 Å². The third kappa shape index (κ3) is 3.76. The van der Waals surface area contributed by atoms with E-state index in [1.807, 2.05) is 66.7 Å². The third-order valence-electron chi connectivity index (χ3n) is 4.89. The van der Waals surface area contributed by atoms with E-state index >= 15 is 0 Å². The van der Waals surface area contributed by atoms with Crippen LogP contribution in [0.1, 0.15) is 11.1 Å². The number of halogens is 1. The normalized spacial score (nSPS) is 12.4. The maximum absolute atomic E-state index is 13.2. The smallest absolute Gasteiger partial charge is 0.262 e. The van der Waals surface area contributed by atoms with Crippen LogP contribution in [0.4, 0.5) is 0 Å². The van der Waals surface area contributed by atoms with Gasteiger partial charge in [0.15, 0.2) is 16.7 Å². The highest BCUT2D eigenvalue weighted by Gasteiger charge is 2.15. The minimum atomic E-state index is -0.0521. The van der Waals surface area contributed by atoms with E-state index in [9.17, 15) is 4.79 Å². The lowest BCUT2D eigenvalue weighted by Gasteiger charge is -2.13. The number of para-hydroxylation sites is 1. The van der Waals surface area contributed by atoms with Gasteiger partial charge in [-0.25, -0.2) is 4.98 Å². The fourth-order valence-electron chi connectivity index (χ4n) is 3.35. The summed E-state index contributed by atoms with van der Waals surface area (Å²) in [5.74, 6) is 2.16. The Morgan fingerprint density at radius 1 is 0.967 bits per heavy atom. The number of rotatable bonds is 5. The van der Waals surface area contributed by atoms with Gasteiger partial charge in [0.2, 0.25) is 6.79 Å². The monoisotopic (exact) mass is 436 g/mol. The van der Waals surface area contributed by atoms with Crippen molar-refractivity contribution in [1.29, 1.82) is 0 Å². The van der Waals surface area contributed by atoms with E-state index in [0.717, 1.165) is 22.6 Å². The van der Waals surface area contributed by atoms with Crippen LogP contribution in [0.5, 0.6) is 11.5 Å². The molecule has 1 aromatic heterocycles. The van der Waals surface area contributed by atoms with Gasteiger partial charge in [-0.3, -0.25) is 9.36 Å². The average molecular weight is 437 g/mol. The van der Waals surface area contributed by atoms with Gasteiger partial charge < -0.3 is 9.47 Å². The summed E-state index contributed by atoms with van der Waals surface area (Å²) >= 11 is 7.54. The molecule has 5 rings (SSSR count). The number of fused-ring (bicyclic) bond motifs is 2. The van der Waals surface area contributed by atoms with Crippen molar-refractivity contribution in [2.45, 2.75) is 17.5 Å². The molecule has 5 nitrogen and oxygen atoms in total. The molecule has 3 aromatic carbocycles. The number of hydrogen-bond donors (Lipinski definition) is 0. The molecular weight excluding hydrogens is 420 g/mol. The number of thioether (sulfide) groups is 1. The highest BCUT2D eigenvalue weighted by atomic mass is 35.5. The first-order valence-electron chi connectivity index (χ1n) is 9.43. The minimum Gasteiger partial charge on any atom is -0.454 e. The van der Waals surface area contributed by atoms with Gasteiger partial charge in [-0.15, -0.1) is 0 Å². The number of ether oxygens (including phenoxy) is 2. The van der Waals surface area contributed by atoms with Crippen LogP contribution in [-0.4, -0.2) is 16.3 Å². The maximum Gasteiger partial charge on any atom is 0.262 e. The number of hydrogen-bond acceptors (Lipinski definition) is 5. The molecule has 1 aliphatic heterocycles. The molecule has 0 unspecified atom stereocenters. The summed E-state index contributed by atoms with van der Waals surface area (Å²) in [6, 6.07) is 20.8. The molecule has 30 heavy (non-hydrogen) atoms. The van der Waals surface area contributed by atoms with Crippen molar-refractivity contribution in [2.24, 2.45) is 0 Å². The van der Waals surface area contributed by atoms with Gasteiger partial charge in [0.05, 0.1) is 17.4 Å². The highest BCUT2D eigenvalue weighted by Crippen LogP contribution is 2.34. The molecule has 0 aliphatic carbocycles. The Labute approximate surface area is 182 Å². The van der Waals surface area contributed by atoms with Crippen LogP contribution in [0.25, 0.3) is 10.9 Å². The van der Waals surface area contributed by atoms with Crippen molar-refractivity contribution in [3.8, 4) is 11.5 Å². The topological polar surface area (TPSA) is 53.4 Å². The molecule has 0 saturated heterocycles. The van der Waals surface area contributed by atoms with Crippen molar-refractivity contribution in [3.63, 3.8) is 0 Å². The van der Waals surface area contributed by atoms with E-state index in [4.69, 9.17) is 26.1 Å². The summed E-state index contributed by atoms with van der Waals surface area (Å²) < 4.78 is 12.6. The van der Waals surface area contributed by atoms with Crippen LogP contribution in [0.15, 0.2) is 76.7 Å². The fraction of sp³-hybridized carbons (Fsp3) is 0.130. The molecule has 0 radical (unpaired) electrons. The zero-order valence-electron chi connectivity index (χ0n) is 15.9. The van der Waals surface area contributed by atoms with E-state index in [1.54, 1.807) is 4.57 Å². The first kappa shape index (κ1) is 19.0. The molecule has 0 bridgehead atoms. The van der Waals surface area contributed by atoms with E-state index < -0.39 is 0 Å². The summed E-state index contributed by atoms with van der Waals surface area (Å²) in [6.45, 7) is 0.677. The number of nitrogens with zero attached hydrogens (tertiary/aromatic N) is 2. The SMILES string of the molecule is O=c1c2ccccc2nc(SCc2ccc3c(c2)OCO3)n1Cc1ccc(Cl)cc1. The van der Waals surface area contributed by atoms with Gasteiger partial charge in [0, 0.05) is 10.8 Å². The predicted molar refractivity (Wildman–Crippen MR) is 119 cm³/mol. The summed E-state index contributed by atoms with van der Waals surface area (Å²) in [7, 11) is 0. The first-order valence-corrected chi connectivity index (χ1v) is 10.8. The lowest BCUT2D eigenvalue weighted by atomic mass is 10.2. The fourth-order valence-corrected chi connectivity index (χ4v) is 4.42. The van der Waals surface area contributed by atoms with E-state index in [1.165, 1.54) is 11.8 Å². The zero-order valence-corrected chi connectivity index (χ0v) is 17.4. The lowest BCUT2D eigenvalue weighted by molar-refractivity contribution is 0.174. The van der Waals surface area contributed by atoms with E-state index in [0.29, 0.717) is 33.4 Å². The van der Waals surface area contributed by atoms with Crippen molar-refractivity contribution in [1.82, 2.24) is 9.55 Å². The van der Waals surface area contributed by atoms with Crippen LogP contribution in [0, 0.1) is 0 Å². The summed E-state index contributed by atoms with van der Waals surface area (Å²) in [6.07, 6.45) is 0. The van der Waals surface area contributed by atoms with Gasteiger partial charge in [-0.2, -0.15) is 0 Å². The van der Waals surface area contributed by atoms with Crippen LogP contribution < -0.4 is 15.0 Å². The Morgan fingerprint density at radius 2 is 1.73 bits per heavy atom. The van der Waals surface area contributed by atoms with Crippen LogP contribution in [-0.2, 0) is 12.3 Å². The summed E-state index contributed by atoms with van der Waals surface area (Å²) in [4.78, 5) is 18.0. The third-order valence-corrected chi connectivity index (χ3v) is 6.18. The minimum absolute atomic E-state index is 0.0521. The molecule has 0 fully saturated rings. The number of benzene rings is 3. The van der Waals surface area contributed by atoms with Gasteiger partial charge in [0.1, 0.15) is 0 Å². The molecule has 7 heteroatoms. The Balaban J connectivity index is 1.50. The molecular formula is C23H17ClN2O3S. The molecule has 0 N–H and O–H groups in total. The second-order valence-corrected chi connectivity index (χ2v) is 8.28. The number of aromatic nitrogens is 2. The largest absolute Gasteiger partial charge is 0.454 e. The Bertz CT molecular complexity index is 1290. The quantitative estimate of drug-likeness (QED) is 0.321. The highest BCUT2D eigenvalue weighted by molar-refractivity contribution is 7.98. The Morgan fingerprint density at radius 3 is 2.60 bits per heavy atom. The van der Waals surface area contributed by atoms with Gasteiger partial charge in [0.25, 0.3) is 5.56 Å². The standard InChI is InChI=1S/C23H17ClN2O3S/c24-17-8-5-15(6-9-17)12-26-22(27)18-3-1-2-4-19(18)25-23(26)30-13-16-7-10-20-21(11-16)29-14-28-20/h1-11H,12-14H2. The Kier molecular flexibility index (Phi) is 5.11. The van der Waals surface area contributed by atoms with Crippen molar-refractivity contribution in [2.75, 3.05) is 6.79 Å². The van der Waals surface area contributed by atoms with Crippen molar-refractivity contribution < 1.29 is 9.47 Å². The maximum atomic E-state index is 13.2. The molecule has 0 atom stereocenters. The molecule has 2 heterocycles. The Hall–Kier alpha value is -2.96. The van der Waals surface area contributed by atoms with Crippen LogP contribution in [0.3, 0.4) is 0 Å². The van der Waals surface area contributed by atoms with Gasteiger partial charge in [-0.05, 0) is 47.5 Å². The predicted octanol–water partition coefficient (Wildman–Crippen LogP) is 5.12. The summed E-state index contributed by atoms with van der Waals surface area (Å²) in [5, 5.41) is 1.95. The van der Waals surface area contributed by atoms with Crippen LogP contribution >= 0.6 is 23.4 Å². The second-order valence-electron chi connectivity index (χ2n) is 6.91. The van der Waals surface area contributed by atoms with Crippen molar-refractivity contribution in [3.05, 3.63) is 93.2 Å². The van der Waals surface area contributed by atoms with Crippen molar-refractivity contribution >= 4 is 34.3 Å². The van der Waals surface area contributed by atoms with Gasteiger partial charge in [-0.1, -0.05) is 53.7 Å². The molecule has 150 valence electrons.